The van der Waals surface area contributed by atoms with E-state index < -0.39 is 0 Å². The molecule has 1 saturated carbocycles. The molecule has 0 aliphatic heterocycles. The second kappa shape index (κ2) is 9.87. The minimum absolute atomic E-state index is 0.979. The SMILES string of the molecule is CCCCCCC(C)CCCCC1CC1CCC. The van der Waals surface area contributed by atoms with E-state index in [4.69, 9.17) is 0 Å². The van der Waals surface area contributed by atoms with Crippen molar-refractivity contribution in [2.45, 2.75) is 97.8 Å². The Morgan fingerprint density at radius 3 is 2.11 bits per heavy atom. The molecule has 108 valence electrons. The Balaban J connectivity index is 1.83. The summed E-state index contributed by atoms with van der Waals surface area (Å²) >= 11 is 0. The third kappa shape index (κ3) is 7.44. The highest BCUT2D eigenvalue weighted by molar-refractivity contribution is 4.85. The van der Waals surface area contributed by atoms with Crippen LogP contribution in [0.25, 0.3) is 0 Å². The van der Waals surface area contributed by atoms with E-state index >= 15 is 0 Å². The van der Waals surface area contributed by atoms with Crippen LogP contribution in [0, 0.1) is 17.8 Å². The highest BCUT2D eigenvalue weighted by atomic mass is 14.4. The standard InChI is InChI=1S/C18H36/c1-4-6-7-8-12-16(3)13-9-10-14-18-15-17(18)11-5-2/h16-18H,4-15H2,1-3H3. The van der Waals surface area contributed by atoms with Gasteiger partial charge in [-0.05, 0) is 24.2 Å². The van der Waals surface area contributed by atoms with Gasteiger partial charge in [0.1, 0.15) is 0 Å². The molecule has 0 nitrogen and oxygen atoms in total. The van der Waals surface area contributed by atoms with E-state index in [-0.39, 0.29) is 0 Å². The van der Waals surface area contributed by atoms with Gasteiger partial charge in [-0.15, -0.1) is 0 Å². The first-order valence-electron chi connectivity index (χ1n) is 8.77. The summed E-state index contributed by atoms with van der Waals surface area (Å²) in [6.07, 6.45) is 17.7. The summed E-state index contributed by atoms with van der Waals surface area (Å²) in [5.41, 5.74) is 0. The van der Waals surface area contributed by atoms with Crippen LogP contribution in [0.5, 0.6) is 0 Å². The molecule has 0 aromatic carbocycles. The smallest absolute Gasteiger partial charge is 0.0383 e. The van der Waals surface area contributed by atoms with E-state index in [1.807, 2.05) is 0 Å². The fraction of sp³-hybridized carbons (Fsp3) is 1.00. The minimum Gasteiger partial charge on any atom is -0.0654 e. The Labute approximate surface area is 116 Å². The van der Waals surface area contributed by atoms with Crippen LogP contribution in [0.15, 0.2) is 0 Å². The molecule has 0 heterocycles. The fourth-order valence-corrected chi connectivity index (χ4v) is 3.35. The summed E-state index contributed by atoms with van der Waals surface area (Å²) in [4.78, 5) is 0. The Kier molecular flexibility index (Phi) is 8.80. The van der Waals surface area contributed by atoms with Crippen molar-refractivity contribution in [3.8, 4) is 0 Å². The van der Waals surface area contributed by atoms with Crippen LogP contribution in [-0.4, -0.2) is 0 Å². The predicted molar refractivity (Wildman–Crippen MR) is 82.9 cm³/mol. The number of unbranched alkanes of at least 4 members (excludes halogenated alkanes) is 4. The molecule has 0 spiro atoms. The molecule has 1 fully saturated rings. The molecule has 1 aliphatic carbocycles. The van der Waals surface area contributed by atoms with Crippen molar-refractivity contribution in [3.05, 3.63) is 0 Å². The first kappa shape index (κ1) is 16.1. The molecule has 0 radical (unpaired) electrons. The van der Waals surface area contributed by atoms with E-state index in [2.05, 4.69) is 20.8 Å². The van der Waals surface area contributed by atoms with Gasteiger partial charge in [0.15, 0.2) is 0 Å². The molecule has 1 rings (SSSR count). The third-order valence-corrected chi connectivity index (χ3v) is 4.80. The van der Waals surface area contributed by atoms with Gasteiger partial charge in [-0.1, -0.05) is 91.4 Å². The second-order valence-electron chi connectivity index (χ2n) is 6.78. The minimum atomic E-state index is 0.979. The van der Waals surface area contributed by atoms with Crippen molar-refractivity contribution in [3.63, 3.8) is 0 Å². The van der Waals surface area contributed by atoms with Crippen LogP contribution in [0.3, 0.4) is 0 Å². The lowest BCUT2D eigenvalue weighted by Gasteiger charge is -2.10. The predicted octanol–water partition coefficient (Wildman–Crippen LogP) is 6.59. The van der Waals surface area contributed by atoms with Crippen molar-refractivity contribution < 1.29 is 0 Å². The number of hydrogen-bond acceptors (Lipinski definition) is 0. The monoisotopic (exact) mass is 252 g/mol. The molecule has 0 saturated heterocycles. The largest absolute Gasteiger partial charge is 0.0654 e. The molecule has 1 aliphatic rings. The number of rotatable bonds is 12. The lowest BCUT2D eigenvalue weighted by atomic mass is 9.96. The van der Waals surface area contributed by atoms with Crippen LogP contribution < -0.4 is 0 Å². The van der Waals surface area contributed by atoms with Crippen LogP contribution in [0.4, 0.5) is 0 Å². The van der Waals surface area contributed by atoms with Gasteiger partial charge in [0, 0.05) is 0 Å². The molecule has 3 atom stereocenters. The van der Waals surface area contributed by atoms with Gasteiger partial charge in [-0.2, -0.15) is 0 Å². The molecule has 18 heavy (non-hydrogen) atoms. The van der Waals surface area contributed by atoms with Crippen LogP contribution in [0.1, 0.15) is 97.8 Å². The third-order valence-electron chi connectivity index (χ3n) is 4.80. The topological polar surface area (TPSA) is 0 Å². The van der Waals surface area contributed by atoms with Crippen molar-refractivity contribution in [2.75, 3.05) is 0 Å². The maximum Gasteiger partial charge on any atom is -0.0383 e. The van der Waals surface area contributed by atoms with Gasteiger partial charge in [0.25, 0.3) is 0 Å². The van der Waals surface area contributed by atoms with Crippen LogP contribution in [0.2, 0.25) is 0 Å². The van der Waals surface area contributed by atoms with Gasteiger partial charge in [-0.3, -0.25) is 0 Å². The Hall–Kier alpha value is 0. The summed E-state index contributed by atoms with van der Waals surface area (Å²) in [7, 11) is 0. The van der Waals surface area contributed by atoms with E-state index in [0.29, 0.717) is 0 Å². The molecule has 3 unspecified atom stereocenters. The van der Waals surface area contributed by atoms with Gasteiger partial charge >= 0.3 is 0 Å². The van der Waals surface area contributed by atoms with Crippen molar-refractivity contribution in [2.24, 2.45) is 17.8 Å². The first-order chi connectivity index (χ1) is 8.77. The zero-order chi connectivity index (χ0) is 13.2. The van der Waals surface area contributed by atoms with Crippen molar-refractivity contribution in [1.29, 1.82) is 0 Å². The lowest BCUT2D eigenvalue weighted by Crippen LogP contribution is -1.95. The fourth-order valence-electron chi connectivity index (χ4n) is 3.35. The van der Waals surface area contributed by atoms with Gasteiger partial charge in [0.2, 0.25) is 0 Å². The normalized spacial score (nSPS) is 24.2. The second-order valence-corrected chi connectivity index (χ2v) is 6.78. The average molecular weight is 252 g/mol. The molecule has 0 heteroatoms. The Morgan fingerprint density at radius 2 is 1.44 bits per heavy atom. The van der Waals surface area contributed by atoms with Gasteiger partial charge in [-0.25, -0.2) is 0 Å². The lowest BCUT2D eigenvalue weighted by molar-refractivity contribution is 0.430. The molecule has 0 aromatic heterocycles. The van der Waals surface area contributed by atoms with Gasteiger partial charge < -0.3 is 0 Å². The molecule has 0 N–H and O–H groups in total. The van der Waals surface area contributed by atoms with Crippen LogP contribution in [-0.2, 0) is 0 Å². The number of hydrogen-bond donors (Lipinski definition) is 0. The van der Waals surface area contributed by atoms with Crippen LogP contribution >= 0.6 is 0 Å². The first-order valence-corrected chi connectivity index (χ1v) is 8.77. The van der Waals surface area contributed by atoms with E-state index in [9.17, 15) is 0 Å². The zero-order valence-corrected chi connectivity index (χ0v) is 13.2. The quantitative estimate of drug-likeness (QED) is 0.344. The van der Waals surface area contributed by atoms with E-state index in [0.717, 1.165) is 17.8 Å². The Bertz CT molecular complexity index is 184. The van der Waals surface area contributed by atoms with Crippen molar-refractivity contribution in [1.82, 2.24) is 0 Å². The Morgan fingerprint density at radius 1 is 0.778 bits per heavy atom. The highest BCUT2D eigenvalue weighted by Gasteiger charge is 2.34. The zero-order valence-electron chi connectivity index (χ0n) is 13.2. The summed E-state index contributed by atoms with van der Waals surface area (Å²) in [5, 5.41) is 0. The molecular formula is C18H36. The maximum absolute atomic E-state index is 2.46. The van der Waals surface area contributed by atoms with E-state index in [1.54, 1.807) is 6.42 Å². The molecule has 0 bridgehead atoms. The van der Waals surface area contributed by atoms with Gasteiger partial charge in [0.05, 0.1) is 0 Å². The van der Waals surface area contributed by atoms with E-state index in [1.165, 1.54) is 70.6 Å². The molecular weight excluding hydrogens is 216 g/mol. The molecule has 0 aromatic rings. The summed E-state index contributed by atoms with van der Waals surface area (Å²) in [5.74, 6) is 3.23. The summed E-state index contributed by atoms with van der Waals surface area (Å²) in [6, 6.07) is 0. The van der Waals surface area contributed by atoms with Crippen molar-refractivity contribution >= 4 is 0 Å². The average Bonchev–Trinajstić information content (AvgIpc) is 3.09. The highest BCUT2D eigenvalue weighted by Crippen LogP contribution is 2.45. The summed E-state index contributed by atoms with van der Waals surface area (Å²) < 4.78 is 0. The molecule has 0 amide bonds. The maximum atomic E-state index is 2.46. The summed E-state index contributed by atoms with van der Waals surface area (Å²) in [6.45, 7) is 7.09.